The average molecular weight is 243 g/mol. The van der Waals surface area contributed by atoms with Gasteiger partial charge in [0.05, 0.1) is 0 Å². The first-order valence-corrected chi connectivity index (χ1v) is 5.16. The molecule has 1 unspecified atom stereocenters. The van der Waals surface area contributed by atoms with Crippen LogP contribution in [0.15, 0.2) is 0 Å². The summed E-state index contributed by atoms with van der Waals surface area (Å²) in [5, 5.41) is -1.78. The molecule has 0 aliphatic carbocycles. The van der Waals surface area contributed by atoms with E-state index in [4.69, 9.17) is 44.6 Å². The number of hydrogen-bond donors (Lipinski definition) is 2. The van der Waals surface area contributed by atoms with Gasteiger partial charge in [0, 0.05) is 0 Å². The smallest absolute Gasteiger partial charge is 0.303 e. The van der Waals surface area contributed by atoms with Crippen LogP contribution in [0.25, 0.3) is 0 Å². The maximum atomic E-state index is 10.2. The SMILES string of the molecule is CC(Cl)(OP(=O)(O)O)C(Cl)Cl. The van der Waals surface area contributed by atoms with E-state index in [-0.39, 0.29) is 0 Å². The second-order valence-corrected chi connectivity index (χ2v) is 4.88. The van der Waals surface area contributed by atoms with E-state index in [2.05, 4.69) is 4.52 Å². The van der Waals surface area contributed by atoms with Gasteiger partial charge in [-0.3, -0.25) is 4.52 Å². The minimum atomic E-state index is -4.64. The van der Waals surface area contributed by atoms with Gasteiger partial charge in [0.25, 0.3) is 0 Å². The van der Waals surface area contributed by atoms with E-state index in [1.54, 1.807) is 0 Å². The molecule has 11 heavy (non-hydrogen) atoms. The number of halogens is 3. The van der Waals surface area contributed by atoms with Gasteiger partial charge < -0.3 is 9.79 Å². The quantitative estimate of drug-likeness (QED) is 0.586. The summed E-state index contributed by atoms with van der Waals surface area (Å²) in [5.74, 6) is 0. The van der Waals surface area contributed by atoms with Crippen LogP contribution in [0.2, 0.25) is 0 Å². The lowest BCUT2D eigenvalue weighted by molar-refractivity contribution is 0.124. The van der Waals surface area contributed by atoms with Crippen molar-refractivity contribution in [3.8, 4) is 0 Å². The van der Waals surface area contributed by atoms with E-state index < -0.39 is 17.7 Å². The zero-order valence-corrected chi connectivity index (χ0v) is 8.53. The molecule has 4 nitrogen and oxygen atoms in total. The Balaban J connectivity index is 4.25. The molecule has 0 heterocycles. The summed E-state index contributed by atoms with van der Waals surface area (Å²) in [4.78, 5) is 15.4. The van der Waals surface area contributed by atoms with Crippen molar-refractivity contribution < 1.29 is 18.9 Å². The highest BCUT2D eigenvalue weighted by Crippen LogP contribution is 2.45. The molecular formula is C3H6Cl3O4P. The Labute approximate surface area is 78.6 Å². The second-order valence-electron chi connectivity index (χ2n) is 1.87. The Bertz CT molecular complexity index is 175. The average Bonchev–Trinajstić information content (AvgIpc) is 1.56. The van der Waals surface area contributed by atoms with Crippen molar-refractivity contribution >= 4 is 42.6 Å². The van der Waals surface area contributed by atoms with Crippen molar-refractivity contribution in [2.24, 2.45) is 0 Å². The molecule has 0 aromatic heterocycles. The number of rotatable bonds is 3. The third kappa shape index (κ3) is 5.26. The molecule has 0 aliphatic heterocycles. The van der Waals surface area contributed by atoms with Gasteiger partial charge >= 0.3 is 7.82 Å². The molecule has 0 aliphatic rings. The van der Waals surface area contributed by atoms with E-state index in [9.17, 15) is 4.57 Å². The van der Waals surface area contributed by atoms with Gasteiger partial charge in [-0.2, -0.15) is 0 Å². The summed E-state index contributed by atoms with van der Waals surface area (Å²) >= 11 is 15.9. The van der Waals surface area contributed by atoms with Crippen LogP contribution in [-0.4, -0.2) is 19.7 Å². The van der Waals surface area contributed by atoms with Crippen LogP contribution in [0.1, 0.15) is 6.92 Å². The zero-order valence-electron chi connectivity index (χ0n) is 5.37. The Kier molecular flexibility index (Phi) is 4.13. The van der Waals surface area contributed by atoms with E-state index in [1.807, 2.05) is 0 Å². The van der Waals surface area contributed by atoms with Crippen molar-refractivity contribution in [3.05, 3.63) is 0 Å². The summed E-state index contributed by atoms with van der Waals surface area (Å²) in [6.07, 6.45) is 0. The first-order valence-electron chi connectivity index (χ1n) is 2.38. The van der Waals surface area contributed by atoms with Gasteiger partial charge in [0.15, 0.2) is 9.90 Å². The highest BCUT2D eigenvalue weighted by molar-refractivity contribution is 7.46. The van der Waals surface area contributed by atoms with Crippen molar-refractivity contribution in [2.45, 2.75) is 16.8 Å². The molecule has 0 rings (SSSR count). The Morgan fingerprint density at radius 2 is 1.91 bits per heavy atom. The van der Waals surface area contributed by atoms with Gasteiger partial charge in [-0.1, -0.05) is 11.6 Å². The van der Waals surface area contributed by atoms with Crippen LogP contribution in [0.3, 0.4) is 0 Å². The number of phosphoric ester groups is 1. The molecular weight excluding hydrogens is 237 g/mol. The lowest BCUT2D eigenvalue weighted by Gasteiger charge is -2.23. The molecule has 0 radical (unpaired) electrons. The minimum Gasteiger partial charge on any atom is -0.303 e. The first-order chi connectivity index (χ1) is 4.65. The molecule has 0 spiro atoms. The number of hydrogen-bond acceptors (Lipinski definition) is 2. The molecule has 0 aromatic rings. The Hall–Kier alpha value is 0.980. The van der Waals surface area contributed by atoms with E-state index >= 15 is 0 Å². The van der Waals surface area contributed by atoms with Crippen LogP contribution in [0.4, 0.5) is 0 Å². The predicted octanol–water partition coefficient (Wildman–Crippen LogP) is 1.85. The highest BCUT2D eigenvalue weighted by atomic mass is 35.5. The van der Waals surface area contributed by atoms with Gasteiger partial charge in [-0.15, -0.1) is 23.2 Å². The van der Waals surface area contributed by atoms with Crippen molar-refractivity contribution in [2.75, 3.05) is 0 Å². The van der Waals surface area contributed by atoms with E-state index in [1.165, 1.54) is 0 Å². The normalized spacial score (nSPS) is 18.5. The predicted molar refractivity (Wildman–Crippen MR) is 42.9 cm³/mol. The van der Waals surface area contributed by atoms with Gasteiger partial charge in [0.2, 0.25) is 0 Å². The molecule has 0 amide bonds. The first kappa shape index (κ1) is 12.0. The third-order valence-electron chi connectivity index (χ3n) is 0.687. The molecule has 0 saturated heterocycles. The van der Waals surface area contributed by atoms with Gasteiger partial charge in [0.1, 0.15) is 0 Å². The molecule has 0 fully saturated rings. The molecule has 8 heteroatoms. The molecule has 0 saturated carbocycles. The topological polar surface area (TPSA) is 66.8 Å². The standard InChI is InChI=1S/C3H6Cl3O4P/c1-3(6,2(4)5)10-11(7,8)9/h2H,1H3,(H2,7,8,9). The third-order valence-corrected chi connectivity index (χ3v) is 2.76. The van der Waals surface area contributed by atoms with Gasteiger partial charge in [-0.05, 0) is 6.92 Å². The fourth-order valence-electron chi connectivity index (χ4n) is 0.272. The number of phosphoric acid groups is 1. The lowest BCUT2D eigenvalue weighted by atomic mass is 10.5. The van der Waals surface area contributed by atoms with Gasteiger partial charge in [-0.25, -0.2) is 4.57 Å². The molecule has 68 valence electrons. The van der Waals surface area contributed by atoms with Crippen molar-refractivity contribution in [1.82, 2.24) is 0 Å². The van der Waals surface area contributed by atoms with Crippen molar-refractivity contribution in [3.63, 3.8) is 0 Å². The largest absolute Gasteiger partial charge is 0.471 e. The minimum absolute atomic E-state index is 1.15. The zero-order chi connectivity index (χ0) is 9.28. The van der Waals surface area contributed by atoms with E-state index in [0.29, 0.717) is 0 Å². The maximum absolute atomic E-state index is 10.2. The Morgan fingerprint density at radius 3 is 2.00 bits per heavy atom. The highest BCUT2D eigenvalue weighted by Gasteiger charge is 2.37. The van der Waals surface area contributed by atoms with Crippen LogP contribution < -0.4 is 0 Å². The van der Waals surface area contributed by atoms with E-state index in [0.717, 1.165) is 6.92 Å². The van der Waals surface area contributed by atoms with Crippen LogP contribution in [0.5, 0.6) is 0 Å². The van der Waals surface area contributed by atoms with Crippen LogP contribution in [0, 0.1) is 0 Å². The fraction of sp³-hybridized carbons (Fsp3) is 1.00. The Morgan fingerprint density at radius 1 is 1.55 bits per heavy atom. The van der Waals surface area contributed by atoms with Crippen LogP contribution >= 0.6 is 42.6 Å². The summed E-state index contributed by atoms with van der Waals surface area (Å²) in [6.45, 7) is 1.15. The molecule has 2 N–H and O–H groups in total. The maximum Gasteiger partial charge on any atom is 0.471 e. The summed E-state index contributed by atoms with van der Waals surface area (Å²) in [5.41, 5.74) is 0. The van der Waals surface area contributed by atoms with Crippen molar-refractivity contribution in [1.29, 1.82) is 0 Å². The molecule has 1 atom stereocenters. The second kappa shape index (κ2) is 3.79. The summed E-state index contributed by atoms with van der Waals surface area (Å²) in [6, 6.07) is 0. The molecule has 0 aromatic carbocycles. The fourth-order valence-corrected chi connectivity index (χ4v) is 1.33. The summed E-state index contributed by atoms with van der Waals surface area (Å²) in [7, 11) is -4.64. The molecule has 0 bridgehead atoms. The lowest BCUT2D eigenvalue weighted by Crippen LogP contribution is -2.27. The summed E-state index contributed by atoms with van der Waals surface area (Å²) < 4.78 is 14.3. The number of alkyl halides is 3. The monoisotopic (exact) mass is 242 g/mol. The van der Waals surface area contributed by atoms with Crippen LogP contribution in [-0.2, 0) is 9.09 Å².